The van der Waals surface area contributed by atoms with Gasteiger partial charge in [0.25, 0.3) is 0 Å². The van der Waals surface area contributed by atoms with Gasteiger partial charge in [-0.3, -0.25) is 4.79 Å². The Hall–Kier alpha value is -0.790. The van der Waals surface area contributed by atoms with Crippen LogP contribution in [0.25, 0.3) is 0 Å². The van der Waals surface area contributed by atoms with E-state index in [4.69, 9.17) is 1.37 Å². The molecule has 0 aliphatic carbocycles. The maximum absolute atomic E-state index is 10.1. The van der Waals surface area contributed by atoms with Crippen LogP contribution in [0.3, 0.4) is 0 Å². The van der Waals surface area contributed by atoms with Gasteiger partial charge in [0.2, 0.25) is 5.91 Å². The van der Waals surface area contributed by atoms with Gasteiger partial charge in [-0.1, -0.05) is 6.58 Å². The summed E-state index contributed by atoms with van der Waals surface area (Å²) in [5, 5.41) is 2.20. The summed E-state index contributed by atoms with van der Waals surface area (Å²) in [4.78, 5) is 10.1. The maximum Gasteiger partial charge on any atom is 0.243 e. The molecule has 0 unspecified atom stereocenters. The fraction of sp³-hybridized carbons (Fsp3) is 0.250. The Morgan fingerprint density at radius 3 is 3.17 bits per heavy atom. The molecule has 0 aliphatic rings. The van der Waals surface area contributed by atoms with E-state index in [0.29, 0.717) is 0 Å². The third-order valence-corrected chi connectivity index (χ3v) is 0.360. The lowest BCUT2D eigenvalue weighted by Crippen LogP contribution is -2.13. The number of amides is 1. The third-order valence-electron chi connectivity index (χ3n) is 0.360. The second-order valence-corrected chi connectivity index (χ2v) is 0.745. The quantitative estimate of drug-likeness (QED) is 0.444. The van der Waals surface area contributed by atoms with Crippen LogP contribution >= 0.6 is 0 Å². The van der Waals surface area contributed by atoms with Crippen LogP contribution in [-0.4, -0.2) is 12.9 Å². The van der Waals surface area contributed by atoms with E-state index < -0.39 is 0 Å². The smallest absolute Gasteiger partial charge is 0.243 e. The SMILES string of the molecule is [2H]CNC(=O)C=C. The second-order valence-electron chi connectivity index (χ2n) is 0.745. The van der Waals surface area contributed by atoms with Crippen molar-refractivity contribution < 1.29 is 6.17 Å². The number of carbonyl (C=O) groups excluding carboxylic acids is 1. The van der Waals surface area contributed by atoms with Crippen LogP contribution in [-0.2, 0) is 4.79 Å². The van der Waals surface area contributed by atoms with E-state index in [-0.39, 0.29) is 12.9 Å². The fourth-order valence-corrected chi connectivity index (χ4v) is 0.0722. The van der Waals surface area contributed by atoms with Crippen LogP contribution in [0.5, 0.6) is 0 Å². The lowest BCUT2D eigenvalue weighted by molar-refractivity contribution is -0.116. The van der Waals surface area contributed by atoms with Crippen LogP contribution in [0.15, 0.2) is 12.7 Å². The first-order valence-corrected chi connectivity index (χ1v) is 1.50. The minimum atomic E-state index is -0.296. The van der Waals surface area contributed by atoms with Gasteiger partial charge in [-0.05, 0) is 6.08 Å². The summed E-state index contributed by atoms with van der Waals surface area (Å²) in [5.74, 6) is -0.296. The zero-order valence-corrected chi connectivity index (χ0v) is 3.40. The van der Waals surface area contributed by atoms with Gasteiger partial charge < -0.3 is 5.32 Å². The molecule has 0 aliphatic heterocycles. The highest BCUT2D eigenvalue weighted by molar-refractivity contribution is 5.86. The van der Waals surface area contributed by atoms with Gasteiger partial charge in [0.05, 0.1) is 0 Å². The first kappa shape index (κ1) is 3.40. The average molecular weight is 86.1 g/mol. The first-order valence-electron chi connectivity index (χ1n) is 2.21. The van der Waals surface area contributed by atoms with E-state index in [2.05, 4.69) is 11.9 Å². The molecule has 0 aromatic rings. The molecule has 0 bridgehead atoms. The highest BCUT2D eigenvalue weighted by atomic mass is 16.1. The summed E-state index contributed by atoms with van der Waals surface area (Å²) >= 11 is 0. The van der Waals surface area contributed by atoms with Crippen molar-refractivity contribution in [1.82, 2.24) is 5.32 Å². The van der Waals surface area contributed by atoms with Crippen molar-refractivity contribution in [2.24, 2.45) is 0 Å². The summed E-state index contributed by atoms with van der Waals surface area (Å²) in [7, 11) is -0.0785. The predicted molar refractivity (Wildman–Crippen MR) is 24.3 cm³/mol. The van der Waals surface area contributed by atoms with Gasteiger partial charge in [0.15, 0.2) is 0 Å². The number of hydrogen-bond donors (Lipinski definition) is 1. The van der Waals surface area contributed by atoms with Crippen molar-refractivity contribution in [3.63, 3.8) is 0 Å². The number of likely N-dealkylation sites (N-methyl/N-ethyl adjacent to an activating group) is 1. The monoisotopic (exact) mass is 86.1 g/mol. The van der Waals surface area contributed by atoms with E-state index in [0.717, 1.165) is 6.08 Å². The van der Waals surface area contributed by atoms with E-state index >= 15 is 0 Å². The van der Waals surface area contributed by atoms with Crippen LogP contribution < -0.4 is 5.32 Å². The Kier molecular flexibility index (Phi) is 1.39. The average Bonchev–Trinajstić information content (AvgIpc) is 1.68. The molecule has 0 fully saturated rings. The lowest BCUT2D eigenvalue weighted by Gasteiger charge is -1.82. The molecule has 0 aromatic carbocycles. The molecule has 1 amide bonds. The van der Waals surface area contributed by atoms with Crippen molar-refractivity contribution in [3.8, 4) is 0 Å². The number of rotatable bonds is 1. The van der Waals surface area contributed by atoms with Gasteiger partial charge in [0.1, 0.15) is 0 Å². The molecule has 0 spiro atoms. The minimum Gasteiger partial charge on any atom is -0.356 e. The molecule has 2 heteroatoms. The zero-order valence-electron chi connectivity index (χ0n) is 4.40. The molecule has 0 aromatic heterocycles. The van der Waals surface area contributed by atoms with E-state index in [1.54, 1.807) is 0 Å². The van der Waals surface area contributed by atoms with Gasteiger partial charge in [-0.15, -0.1) is 0 Å². The molecule has 0 heterocycles. The standard InChI is InChI=1S/C4H7NO/c1-3-4(6)5-2/h3H,1H2,2H3,(H,5,6)/i2D. The maximum atomic E-state index is 10.1. The summed E-state index contributed by atoms with van der Waals surface area (Å²) in [6.45, 7) is 3.18. The molecular formula is C4H7NO. The largest absolute Gasteiger partial charge is 0.356 e. The summed E-state index contributed by atoms with van der Waals surface area (Å²) in [6, 6.07) is 0. The lowest BCUT2D eigenvalue weighted by atomic mass is 10.6. The Balaban J connectivity index is 3.17. The van der Waals surface area contributed by atoms with Crippen molar-refractivity contribution in [3.05, 3.63) is 12.7 Å². The Morgan fingerprint density at radius 1 is 2.33 bits per heavy atom. The number of nitrogens with one attached hydrogen (secondary N) is 1. The minimum absolute atomic E-state index is 0.0785. The highest BCUT2D eigenvalue weighted by Gasteiger charge is 1.78. The van der Waals surface area contributed by atoms with Crippen LogP contribution in [0.4, 0.5) is 0 Å². The third kappa shape index (κ3) is 1.52. The summed E-state index contributed by atoms with van der Waals surface area (Å²) in [6.07, 6.45) is 1.13. The molecule has 0 saturated carbocycles. The number of hydrogen-bond acceptors (Lipinski definition) is 1. The predicted octanol–water partition coefficient (Wildman–Crippen LogP) is -0.0816. The molecule has 0 rings (SSSR count). The number of carbonyl (C=O) groups is 1. The molecule has 34 valence electrons. The Labute approximate surface area is 38.3 Å². The van der Waals surface area contributed by atoms with Crippen molar-refractivity contribution >= 4 is 5.91 Å². The Bertz CT molecular complexity index is 81.8. The molecule has 2 nitrogen and oxygen atoms in total. The van der Waals surface area contributed by atoms with Crippen molar-refractivity contribution in [2.45, 2.75) is 0 Å². The topological polar surface area (TPSA) is 29.1 Å². The summed E-state index contributed by atoms with van der Waals surface area (Å²) < 4.78 is 6.46. The van der Waals surface area contributed by atoms with Crippen molar-refractivity contribution in [1.29, 1.82) is 0 Å². The molecule has 6 heavy (non-hydrogen) atoms. The van der Waals surface area contributed by atoms with Gasteiger partial charge >= 0.3 is 0 Å². The second kappa shape index (κ2) is 2.45. The molecule has 0 atom stereocenters. The Morgan fingerprint density at radius 2 is 3.00 bits per heavy atom. The normalized spacial score (nSPS) is 9.00. The van der Waals surface area contributed by atoms with Crippen LogP contribution in [0.1, 0.15) is 1.37 Å². The molecule has 1 N–H and O–H groups in total. The summed E-state index contributed by atoms with van der Waals surface area (Å²) in [5.41, 5.74) is 0. The van der Waals surface area contributed by atoms with Gasteiger partial charge in [0, 0.05) is 8.39 Å². The first-order chi connectivity index (χ1) is 3.31. The van der Waals surface area contributed by atoms with E-state index in [1.165, 1.54) is 0 Å². The van der Waals surface area contributed by atoms with E-state index in [9.17, 15) is 4.79 Å². The zero-order chi connectivity index (χ0) is 5.70. The van der Waals surface area contributed by atoms with Crippen LogP contribution in [0, 0.1) is 0 Å². The molecular weight excluding hydrogens is 78.0 g/mol. The van der Waals surface area contributed by atoms with Gasteiger partial charge in [-0.25, -0.2) is 0 Å². The van der Waals surface area contributed by atoms with Crippen LogP contribution in [0.2, 0.25) is 0 Å². The highest BCUT2D eigenvalue weighted by Crippen LogP contribution is 1.56. The fourth-order valence-electron chi connectivity index (χ4n) is 0.0722. The molecule has 0 saturated heterocycles. The van der Waals surface area contributed by atoms with E-state index in [1.807, 2.05) is 0 Å². The molecule has 0 radical (unpaired) electrons. The van der Waals surface area contributed by atoms with Gasteiger partial charge in [-0.2, -0.15) is 0 Å². The van der Waals surface area contributed by atoms with Crippen molar-refractivity contribution in [2.75, 3.05) is 7.02 Å².